The topological polar surface area (TPSA) is 110 Å². The van der Waals surface area contributed by atoms with Crippen LogP contribution < -0.4 is 20.1 Å². The molecule has 0 aliphatic carbocycles. The number of fused-ring (bicyclic) bond motifs is 4. The molecule has 8 rings (SSSR count). The van der Waals surface area contributed by atoms with Crippen LogP contribution in [-0.2, 0) is 4.74 Å². The fourth-order valence-corrected chi connectivity index (χ4v) is 9.83. The summed E-state index contributed by atoms with van der Waals surface area (Å²) in [5.41, 5.74) is 6.31. The van der Waals surface area contributed by atoms with Crippen molar-refractivity contribution in [3.63, 3.8) is 0 Å². The number of halogens is 3. The number of ether oxygens (including phenoxy) is 3. The minimum atomic E-state index is -0.727. The third kappa shape index (κ3) is 4.80. The van der Waals surface area contributed by atoms with Crippen LogP contribution in [0.15, 0.2) is 12.1 Å². The average molecular weight is 681 g/mol. The van der Waals surface area contributed by atoms with Crippen LogP contribution in [0.25, 0.3) is 32.1 Å². The van der Waals surface area contributed by atoms with Gasteiger partial charge in [0.1, 0.15) is 41.4 Å². The number of benzene rings is 2. The van der Waals surface area contributed by atoms with Crippen LogP contribution >= 0.6 is 22.9 Å². The van der Waals surface area contributed by atoms with Crippen LogP contribution in [0.3, 0.4) is 0 Å². The van der Waals surface area contributed by atoms with Crippen LogP contribution in [-0.4, -0.2) is 73.0 Å². The normalized spacial score (nSPS) is 25.4. The summed E-state index contributed by atoms with van der Waals surface area (Å²) in [7, 11) is 1.70. The zero-order valence-corrected chi connectivity index (χ0v) is 27.8. The van der Waals surface area contributed by atoms with E-state index in [1.807, 2.05) is 0 Å². The maximum absolute atomic E-state index is 17.2. The summed E-state index contributed by atoms with van der Waals surface area (Å²) in [5.74, 6) is 0.386. The van der Waals surface area contributed by atoms with E-state index in [1.54, 1.807) is 7.11 Å². The lowest BCUT2D eigenvalue weighted by atomic mass is 9.91. The summed E-state index contributed by atoms with van der Waals surface area (Å²) in [5, 5.41) is 10.7. The first-order chi connectivity index (χ1) is 22.7. The van der Waals surface area contributed by atoms with E-state index in [4.69, 9.17) is 41.5 Å². The molecule has 4 aliphatic heterocycles. The molecule has 3 unspecified atom stereocenters. The molecule has 2 aromatic heterocycles. The van der Waals surface area contributed by atoms with Crippen LogP contribution in [0.1, 0.15) is 44.6 Å². The van der Waals surface area contributed by atoms with E-state index in [2.05, 4.69) is 22.8 Å². The molecule has 3 saturated heterocycles. The summed E-state index contributed by atoms with van der Waals surface area (Å²) < 4.78 is 50.7. The maximum atomic E-state index is 17.2. The molecule has 0 amide bonds. The van der Waals surface area contributed by atoms with E-state index in [1.165, 1.54) is 12.1 Å². The van der Waals surface area contributed by atoms with E-state index in [0.717, 1.165) is 56.5 Å². The first-order valence-electron chi connectivity index (χ1n) is 16.1. The summed E-state index contributed by atoms with van der Waals surface area (Å²) >= 11 is 8.03. The molecular formula is C34H35ClF2N6O3S. The van der Waals surface area contributed by atoms with Gasteiger partial charge in [-0.05, 0) is 62.1 Å². The molecule has 0 saturated carbocycles. The van der Waals surface area contributed by atoms with E-state index >= 15 is 8.78 Å². The predicted molar refractivity (Wildman–Crippen MR) is 178 cm³/mol. The second kappa shape index (κ2) is 11.6. The Kier molecular flexibility index (Phi) is 7.59. The van der Waals surface area contributed by atoms with Gasteiger partial charge in [0, 0.05) is 37.8 Å². The largest absolute Gasteiger partial charge is 0.489 e. The van der Waals surface area contributed by atoms with Gasteiger partial charge in [0.25, 0.3) is 0 Å². The van der Waals surface area contributed by atoms with Crippen molar-refractivity contribution >= 4 is 54.7 Å². The number of hydrogen-bond acceptors (Lipinski definition) is 10. The first kappa shape index (κ1) is 30.8. The maximum Gasteiger partial charge on any atom is 0.319 e. The van der Waals surface area contributed by atoms with Crippen molar-refractivity contribution in [2.75, 3.05) is 57.2 Å². The number of methoxy groups -OCH3 is 1. The molecule has 2 aromatic carbocycles. The number of piperidine rings is 1. The highest BCUT2D eigenvalue weighted by molar-refractivity contribution is 7.23. The minimum absolute atomic E-state index is 0.00110. The predicted octanol–water partition coefficient (Wildman–Crippen LogP) is 6.77. The number of nitrogens with zero attached hydrogens (tertiary/aromatic N) is 5. The standard InChI is InChI=1S/C34H35ClF2N6O3S/c1-17-11-34(7-3-8-42(34)13-17)16-46-33-40-28-25-29(45-15-19-10-18(14-44-2)6-9-43(19)32(25)41-33)26(35)24(27(28)37)20-4-5-22(36)30-23(20)21(12-38)31(39)47-30/h4-5,17-19H,3,6-11,13-16,39H2,1-2H3/t17-,18?,19?,34?/m1/s1. The second-order valence-electron chi connectivity index (χ2n) is 13.5. The molecule has 246 valence electrons. The first-order valence-corrected chi connectivity index (χ1v) is 17.3. The monoisotopic (exact) mass is 680 g/mol. The molecule has 9 nitrogen and oxygen atoms in total. The second-order valence-corrected chi connectivity index (χ2v) is 14.9. The Labute approximate surface area is 280 Å². The van der Waals surface area contributed by atoms with Crippen LogP contribution in [0.2, 0.25) is 5.02 Å². The molecule has 4 aliphatic rings. The Hall–Kier alpha value is -3.50. The van der Waals surface area contributed by atoms with Gasteiger partial charge in [0.15, 0.2) is 11.6 Å². The van der Waals surface area contributed by atoms with Crippen molar-refractivity contribution < 1.29 is 23.0 Å². The zero-order chi connectivity index (χ0) is 32.6. The Bertz CT molecular complexity index is 1970. The van der Waals surface area contributed by atoms with Crippen LogP contribution in [0, 0.1) is 34.8 Å². The molecule has 6 heterocycles. The SMILES string of the molecule is COCC1CCN2c3nc(OCC45CCCN4C[C@H](C)C5)nc4c(F)c(-c5ccc(F)c6sc(N)c(C#N)c56)c(Cl)c(c34)OCC2C1. The van der Waals surface area contributed by atoms with E-state index < -0.39 is 11.6 Å². The van der Waals surface area contributed by atoms with Crippen LogP contribution in [0.5, 0.6) is 11.8 Å². The average Bonchev–Trinajstić information content (AvgIpc) is 3.66. The van der Waals surface area contributed by atoms with Crippen LogP contribution in [0.4, 0.5) is 19.6 Å². The molecule has 47 heavy (non-hydrogen) atoms. The quantitative estimate of drug-likeness (QED) is 0.236. The zero-order valence-electron chi connectivity index (χ0n) is 26.2. The van der Waals surface area contributed by atoms with Crippen molar-refractivity contribution in [3.05, 3.63) is 34.4 Å². The lowest BCUT2D eigenvalue weighted by Gasteiger charge is -2.38. The number of nitrogens with two attached hydrogens (primary N) is 1. The Balaban J connectivity index is 1.32. The summed E-state index contributed by atoms with van der Waals surface area (Å²) in [6.07, 6.45) is 4.84. The molecule has 4 atom stereocenters. The van der Waals surface area contributed by atoms with Crippen molar-refractivity contribution in [2.24, 2.45) is 11.8 Å². The molecule has 2 N–H and O–H groups in total. The highest BCUT2D eigenvalue weighted by atomic mass is 35.5. The Morgan fingerprint density at radius 3 is 2.91 bits per heavy atom. The van der Waals surface area contributed by atoms with Crippen molar-refractivity contribution in [2.45, 2.75) is 50.6 Å². The summed E-state index contributed by atoms with van der Waals surface area (Å²) in [4.78, 5) is 14.3. The van der Waals surface area contributed by atoms with E-state index in [-0.39, 0.29) is 72.3 Å². The van der Waals surface area contributed by atoms with E-state index in [9.17, 15) is 5.26 Å². The molecular weight excluding hydrogens is 646 g/mol. The fourth-order valence-electron chi connectivity index (χ4n) is 8.55. The highest BCUT2D eigenvalue weighted by Gasteiger charge is 2.48. The Morgan fingerprint density at radius 2 is 2.11 bits per heavy atom. The number of rotatable bonds is 6. The number of thiophene rings is 1. The fraction of sp³-hybridized carbons (Fsp3) is 0.500. The van der Waals surface area contributed by atoms with E-state index in [0.29, 0.717) is 42.8 Å². The van der Waals surface area contributed by atoms with Crippen molar-refractivity contribution in [3.8, 4) is 29.0 Å². The van der Waals surface area contributed by atoms with Gasteiger partial charge in [0.05, 0.1) is 32.3 Å². The van der Waals surface area contributed by atoms with Gasteiger partial charge in [-0.15, -0.1) is 11.3 Å². The summed E-state index contributed by atoms with van der Waals surface area (Å²) in [6, 6.07) is 4.76. The molecule has 13 heteroatoms. The van der Waals surface area contributed by atoms with Gasteiger partial charge >= 0.3 is 6.01 Å². The van der Waals surface area contributed by atoms with Gasteiger partial charge in [-0.2, -0.15) is 15.2 Å². The number of nitrogen functional groups attached to an aromatic ring is 1. The highest BCUT2D eigenvalue weighted by Crippen LogP contribution is 2.52. The van der Waals surface area contributed by atoms with Gasteiger partial charge in [-0.25, -0.2) is 8.78 Å². The van der Waals surface area contributed by atoms with Gasteiger partial charge in [-0.1, -0.05) is 24.6 Å². The molecule has 0 spiro atoms. The number of aromatic nitrogens is 2. The third-order valence-electron chi connectivity index (χ3n) is 10.5. The van der Waals surface area contributed by atoms with Gasteiger partial charge < -0.3 is 24.8 Å². The molecule has 0 radical (unpaired) electrons. The van der Waals surface area contributed by atoms with Gasteiger partial charge in [0.2, 0.25) is 0 Å². The lowest BCUT2D eigenvalue weighted by molar-refractivity contribution is 0.107. The number of hydrogen-bond donors (Lipinski definition) is 1. The lowest BCUT2D eigenvalue weighted by Crippen LogP contribution is -2.46. The Morgan fingerprint density at radius 1 is 1.26 bits per heavy atom. The number of nitriles is 1. The minimum Gasteiger partial charge on any atom is -0.489 e. The number of anilines is 2. The molecule has 0 bridgehead atoms. The third-order valence-corrected chi connectivity index (χ3v) is 11.9. The smallest absolute Gasteiger partial charge is 0.319 e. The van der Waals surface area contributed by atoms with Gasteiger partial charge in [-0.3, -0.25) is 4.90 Å². The van der Waals surface area contributed by atoms with Crippen molar-refractivity contribution in [1.29, 1.82) is 5.26 Å². The molecule has 3 fully saturated rings. The summed E-state index contributed by atoms with van der Waals surface area (Å²) in [6.45, 7) is 6.33. The van der Waals surface area contributed by atoms with Crippen molar-refractivity contribution in [1.82, 2.24) is 14.9 Å². The molecule has 4 aromatic rings.